The molecule has 0 heterocycles. The van der Waals surface area contributed by atoms with E-state index in [2.05, 4.69) is 5.32 Å². The molecule has 1 N–H and O–H groups in total. The Morgan fingerprint density at radius 2 is 1.66 bits per heavy atom. The number of anilines is 1. The van der Waals surface area contributed by atoms with E-state index in [1.165, 1.54) is 17.0 Å². The highest BCUT2D eigenvalue weighted by Gasteiger charge is 2.33. The maximum Gasteiger partial charge on any atom is 0.244 e. The first-order valence-corrected chi connectivity index (χ1v) is 13.9. The Bertz CT molecular complexity index is 1180. The molecule has 7 nitrogen and oxygen atoms in total. The van der Waals surface area contributed by atoms with Gasteiger partial charge in [0, 0.05) is 22.1 Å². The van der Waals surface area contributed by atoms with Crippen LogP contribution < -0.4 is 9.62 Å². The second-order valence-electron chi connectivity index (χ2n) is 9.14. The Kier molecular flexibility index (Phi) is 9.87. The molecular formula is C24H30Cl3N3O4S. The van der Waals surface area contributed by atoms with Crippen molar-refractivity contribution in [3.63, 3.8) is 0 Å². The standard InChI is InChI=1S/C24H30Cl3N3O4S/c1-6-20(23(32)28-24(2,3)4)29(14-16-11-12-17(25)13-19(16)27)22(31)15-30(35(5,33)34)21-10-8-7-9-18(21)26/h7-13,20H,6,14-15H2,1-5H3,(H,28,32)/t20-/m0/s1. The van der Waals surface area contributed by atoms with Gasteiger partial charge in [-0.25, -0.2) is 8.42 Å². The van der Waals surface area contributed by atoms with Gasteiger partial charge in [0.2, 0.25) is 21.8 Å². The van der Waals surface area contributed by atoms with Crippen LogP contribution >= 0.6 is 34.8 Å². The Hall–Kier alpha value is -2.00. The highest BCUT2D eigenvalue weighted by molar-refractivity contribution is 7.92. The van der Waals surface area contributed by atoms with E-state index in [0.29, 0.717) is 22.0 Å². The van der Waals surface area contributed by atoms with Crippen molar-refractivity contribution >= 4 is 62.3 Å². The van der Waals surface area contributed by atoms with Gasteiger partial charge >= 0.3 is 0 Å². The summed E-state index contributed by atoms with van der Waals surface area (Å²) in [5.41, 5.74) is 0.199. The number of carbonyl (C=O) groups excluding carboxylic acids is 2. The van der Waals surface area contributed by atoms with E-state index in [-0.39, 0.29) is 23.2 Å². The van der Waals surface area contributed by atoms with Crippen LogP contribution in [0.3, 0.4) is 0 Å². The summed E-state index contributed by atoms with van der Waals surface area (Å²) >= 11 is 18.6. The van der Waals surface area contributed by atoms with Crippen LogP contribution in [0.5, 0.6) is 0 Å². The van der Waals surface area contributed by atoms with Crippen LogP contribution in [0.1, 0.15) is 39.7 Å². The van der Waals surface area contributed by atoms with Crippen LogP contribution in [0.4, 0.5) is 5.69 Å². The van der Waals surface area contributed by atoms with E-state index < -0.39 is 34.1 Å². The summed E-state index contributed by atoms with van der Waals surface area (Å²) in [6.45, 7) is 6.71. The minimum absolute atomic E-state index is 0.0228. The van der Waals surface area contributed by atoms with Crippen molar-refractivity contribution in [2.75, 3.05) is 17.1 Å². The Morgan fingerprint density at radius 3 is 2.17 bits per heavy atom. The van der Waals surface area contributed by atoms with E-state index in [0.717, 1.165) is 10.6 Å². The van der Waals surface area contributed by atoms with Gasteiger partial charge in [0.05, 0.1) is 17.0 Å². The van der Waals surface area contributed by atoms with Gasteiger partial charge in [-0.05, 0) is 57.0 Å². The Balaban J connectivity index is 2.51. The summed E-state index contributed by atoms with van der Waals surface area (Å²) in [4.78, 5) is 28.2. The van der Waals surface area contributed by atoms with Crippen molar-refractivity contribution in [3.05, 3.63) is 63.1 Å². The number of para-hydroxylation sites is 1. The molecule has 0 unspecified atom stereocenters. The number of rotatable bonds is 9. The highest BCUT2D eigenvalue weighted by Crippen LogP contribution is 2.28. The maximum absolute atomic E-state index is 13.7. The third kappa shape index (κ3) is 8.27. The normalized spacial score (nSPS) is 12.7. The molecule has 0 saturated heterocycles. The average molecular weight is 563 g/mol. The number of halogens is 3. The molecule has 0 fully saturated rings. The molecule has 0 aliphatic heterocycles. The first-order chi connectivity index (χ1) is 16.1. The minimum Gasteiger partial charge on any atom is -0.350 e. The Labute approximate surface area is 222 Å². The van der Waals surface area contributed by atoms with Crippen LogP contribution in [0.2, 0.25) is 15.1 Å². The van der Waals surface area contributed by atoms with Crippen molar-refractivity contribution < 1.29 is 18.0 Å². The first kappa shape index (κ1) is 29.2. The summed E-state index contributed by atoms with van der Waals surface area (Å²) < 4.78 is 26.2. The average Bonchev–Trinajstić information content (AvgIpc) is 2.71. The number of carbonyl (C=O) groups is 2. The topological polar surface area (TPSA) is 86.8 Å². The van der Waals surface area contributed by atoms with Crippen LogP contribution in [0, 0.1) is 0 Å². The molecule has 2 amide bonds. The third-order valence-corrected chi connectivity index (χ3v) is 7.07. The lowest BCUT2D eigenvalue weighted by Crippen LogP contribution is -2.55. The van der Waals surface area contributed by atoms with Gasteiger partial charge in [0.15, 0.2) is 0 Å². The quantitative estimate of drug-likeness (QED) is 0.459. The molecule has 2 aromatic rings. The van der Waals surface area contributed by atoms with Crippen LogP contribution in [-0.4, -0.2) is 49.5 Å². The SMILES string of the molecule is CC[C@@H](C(=O)NC(C)(C)C)N(Cc1ccc(Cl)cc1Cl)C(=O)CN(c1ccccc1Cl)S(C)(=O)=O. The van der Waals surface area contributed by atoms with Crippen molar-refractivity contribution in [1.82, 2.24) is 10.2 Å². The van der Waals surface area contributed by atoms with Crippen molar-refractivity contribution in [1.29, 1.82) is 0 Å². The van der Waals surface area contributed by atoms with E-state index in [9.17, 15) is 18.0 Å². The number of sulfonamides is 1. The zero-order valence-corrected chi connectivity index (χ0v) is 23.4. The van der Waals surface area contributed by atoms with Crippen LogP contribution in [0.25, 0.3) is 0 Å². The molecule has 0 saturated carbocycles. The maximum atomic E-state index is 13.7. The van der Waals surface area contributed by atoms with Crippen molar-refractivity contribution in [3.8, 4) is 0 Å². The van der Waals surface area contributed by atoms with Crippen LogP contribution in [0.15, 0.2) is 42.5 Å². The largest absolute Gasteiger partial charge is 0.350 e. The van der Waals surface area contributed by atoms with E-state index in [1.54, 1.807) is 37.3 Å². The van der Waals surface area contributed by atoms with Crippen molar-refractivity contribution in [2.45, 2.75) is 52.2 Å². The predicted octanol–water partition coefficient (Wildman–Crippen LogP) is 5.13. The lowest BCUT2D eigenvalue weighted by atomic mass is 10.1. The molecule has 1 atom stereocenters. The smallest absolute Gasteiger partial charge is 0.244 e. The monoisotopic (exact) mass is 561 g/mol. The van der Waals surface area contributed by atoms with Gasteiger partial charge in [0.25, 0.3) is 0 Å². The molecule has 0 aliphatic rings. The zero-order valence-electron chi connectivity index (χ0n) is 20.3. The number of hydrogen-bond donors (Lipinski definition) is 1. The predicted molar refractivity (Wildman–Crippen MR) is 143 cm³/mol. The number of amides is 2. The fourth-order valence-corrected chi connectivity index (χ4v) is 5.07. The summed E-state index contributed by atoms with van der Waals surface area (Å²) in [6.07, 6.45) is 1.29. The van der Waals surface area contributed by atoms with Gasteiger partial charge in [-0.1, -0.05) is 59.9 Å². The van der Waals surface area contributed by atoms with Gasteiger partial charge < -0.3 is 10.2 Å². The van der Waals surface area contributed by atoms with E-state index >= 15 is 0 Å². The molecule has 192 valence electrons. The number of hydrogen-bond acceptors (Lipinski definition) is 4. The molecule has 2 aromatic carbocycles. The molecular weight excluding hydrogens is 533 g/mol. The van der Waals surface area contributed by atoms with E-state index in [4.69, 9.17) is 34.8 Å². The number of benzene rings is 2. The second kappa shape index (κ2) is 11.8. The summed E-state index contributed by atoms with van der Waals surface area (Å²) in [6, 6.07) is 10.3. The minimum atomic E-state index is -3.88. The molecule has 2 rings (SSSR count). The number of nitrogens with zero attached hydrogens (tertiary/aromatic N) is 2. The third-order valence-electron chi connectivity index (χ3n) is 5.04. The molecule has 0 aliphatic carbocycles. The molecule has 0 spiro atoms. The lowest BCUT2D eigenvalue weighted by Gasteiger charge is -2.34. The fraction of sp³-hybridized carbons (Fsp3) is 0.417. The van der Waals surface area contributed by atoms with E-state index in [1.807, 2.05) is 20.8 Å². The van der Waals surface area contributed by atoms with Gasteiger partial charge in [-0.3, -0.25) is 13.9 Å². The fourth-order valence-electron chi connectivity index (χ4n) is 3.45. The molecule has 0 radical (unpaired) electrons. The zero-order chi connectivity index (χ0) is 26.6. The molecule has 11 heteroatoms. The Morgan fingerprint density at radius 1 is 1.03 bits per heavy atom. The van der Waals surface area contributed by atoms with Gasteiger partial charge in [0.1, 0.15) is 12.6 Å². The first-order valence-electron chi connectivity index (χ1n) is 10.9. The van der Waals surface area contributed by atoms with Crippen molar-refractivity contribution in [2.24, 2.45) is 0 Å². The van der Waals surface area contributed by atoms with Gasteiger partial charge in [-0.15, -0.1) is 0 Å². The number of nitrogens with one attached hydrogen (secondary N) is 1. The summed E-state index contributed by atoms with van der Waals surface area (Å²) in [5.74, 6) is -0.945. The molecule has 0 aromatic heterocycles. The second-order valence-corrected chi connectivity index (χ2v) is 12.3. The summed E-state index contributed by atoms with van der Waals surface area (Å²) in [5, 5.41) is 3.83. The van der Waals surface area contributed by atoms with Crippen LogP contribution in [-0.2, 0) is 26.2 Å². The molecule has 0 bridgehead atoms. The highest BCUT2D eigenvalue weighted by atomic mass is 35.5. The molecule has 35 heavy (non-hydrogen) atoms. The van der Waals surface area contributed by atoms with Gasteiger partial charge in [-0.2, -0.15) is 0 Å². The lowest BCUT2D eigenvalue weighted by molar-refractivity contribution is -0.141. The summed E-state index contributed by atoms with van der Waals surface area (Å²) in [7, 11) is -3.88.